The van der Waals surface area contributed by atoms with Gasteiger partial charge < -0.3 is 10.1 Å². The van der Waals surface area contributed by atoms with Crippen LogP contribution in [0.2, 0.25) is 10.3 Å². The minimum absolute atomic E-state index is 0.172. The van der Waals surface area contributed by atoms with Gasteiger partial charge in [0.2, 0.25) is 0 Å². The molecule has 1 aromatic heterocycles. The van der Waals surface area contributed by atoms with Crippen LogP contribution in [0, 0.1) is 13.8 Å². The van der Waals surface area contributed by atoms with Crippen molar-refractivity contribution in [3.05, 3.63) is 51.3 Å². The number of nitrogens with zero attached hydrogens (tertiary/aromatic N) is 1. The van der Waals surface area contributed by atoms with E-state index in [9.17, 15) is 4.79 Å². The molecule has 1 amide bonds. The maximum Gasteiger partial charge on any atom is 0.255 e. The van der Waals surface area contributed by atoms with Gasteiger partial charge in [-0.05, 0) is 37.6 Å². The van der Waals surface area contributed by atoms with Gasteiger partial charge in [0.15, 0.2) is 0 Å². The Kier molecular flexibility index (Phi) is 4.70. The van der Waals surface area contributed by atoms with Crippen LogP contribution >= 0.6 is 23.2 Å². The number of rotatable bonds is 3. The number of anilines is 1. The van der Waals surface area contributed by atoms with Gasteiger partial charge in [0, 0.05) is 16.8 Å². The van der Waals surface area contributed by atoms with E-state index in [0.717, 1.165) is 16.9 Å². The smallest absolute Gasteiger partial charge is 0.255 e. The van der Waals surface area contributed by atoms with Crippen molar-refractivity contribution < 1.29 is 9.53 Å². The van der Waals surface area contributed by atoms with E-state index in [2.05, 4.69) is 10.3 Å². The van der Waals surface area contributed by atoms with Gasteiger partial charge in [-0.15, -0.1) is 0 Å². The molecule has 110 valence electrons. The molecule has 1 N–H and O–H groups in total. The predicted octanol–water partition coefficient (Wildman–Crippen LogP) is 4.27. The van der Waals surface area contributed by atoms with Crippen molar-refractivity contribution in [2.24, 2.45) is 0 Å². The highest BCUT2D eigenvalue weighted by Crippen LogP contribution is 2.29. The molecule has 0 aliphatic heterocycles. The molecule has 0 bridgehead atoms. The second kappa shape index (κ2) is 6.33. The molecule has 4 nitrogen and oxygen atoms in total. The molecule has 0 unspecified atom stereocenters. The van der Waals surface area contributed by atoms with E-state index in [1.165, 1.54) is 12.1 Å². The fraction of sp³-hybridized carbons (Fsp3) is 0.200. The third-order valence-electron chi connectivity index (χ3n) is 3.08. The van der Waals surface area contributed by atoms with Crippen LogP contribution in [0.4, 0.5) is 5.69 Å². The van der Waals surface area contributed by atoms with Gasteiger partial charge in [-0.1, -0.05) is 29.3 Å². The van der Waals surface area contributed by atoms with Crippen molar-refractivity contribution in [1.82, 2.24) is 4.98 Å². The molecule has 0 atom stereocenters. The van der Waals surface area contributed by atoms with Crippen LogP contribution in [0.5, 0.6) is 5.75 Å². The summed E-state index contributed by atoms with van der Waals surface area (Å²) in [5, 5.41) is 3.16. The molecule has 0 aliphatic carbocycles. The molecule has 1 heterocycles. The summed E-state index contributed by atoms with van der Waals surface area (Å²) in [5.41, 5.74) is 2.88. The van der Waals surface area contributed by atoms with Crippen molar-refractivity contribution in [1.29, 1.82) is 0 Å². The number of pyridine rings is 1. The number of ether oxygens (including phenoxy) is 1. The zero-order valence-corrected chi connectivity index (χ0v) is 13.3. The molecule has 0 radical (unpaired) electrons. The topological polar surface area (TPSA) is 51.2 Å². The Labute approximate surface area is 133 Å². The molecule has 6 heteroatoms. The summed E-state index contributed by atoms with van der Waals surface area (Å²) >= 11 is 11.6. The number of nitrogens with one attached hydrogen (secondary N) is 1. The summed E-state index contributed by atoms with van der Waals surface area (Å²) in [6, 6.07) is 6.64. The molecule has 0 aliphatic rings. The average molecular weight is 325 g/mol. The Balaban J connectivity index is 2.32. The second-order valence-corrected chi connectivity index (χ2v) is 5.32. The number of amides is 1. The van der Waals surface area contributed by atoms with Gasteiger partial charge >= 0.3 is 0 Å². The van der Waals surface area contributed by atoms with Gasteiger partial charge in [0.05, 0.1) is 7.11 Å². The minimum atomic E-state index is -0.310. The van der Waals surface area contributed by atoms with Crippen LogP contribution in [0.15, 0.2) is 24.3 Å². The molecule has 0 saturated heterocycles. The number of halogens is 2. The van der Waals surface area contributed by atoms with Gasteiger partial charge in [-0.3, -0.25) is 4.79 Å². The SMILES string of the molecule is COc1c(C)ccc(NC(=O)c2cc(Cl)nc(Cl)c2)c1C. The largest absolute Gasteiger partial charge is 0.496 e. The zero-order chi connectivity index (χ0) is 15.6. The van der Waals surface area contributed by atoms with Crippen LogP contribution in [0.25, 0.3) is 0 Å². The quantitative estimate of drug-likeness (QED) is 0.858. The summed E-state index contributed by atoms with van der Waals surface area (Å²) < 4.78 is 5.34. The number of aryl methyl sites for hydroxylation is 1. The lowest BCUT2D eigenvalue weighted by Crippen LogP contribution is -2.13. The standard InChI is InChI=1S/C15H14Cl2N2O2/c1-8-4-5-11(9(2)14(8)21-3)18-15(20)10-6-12(16)19-13(17)7-10/h4-7H,1-3H3,(H,18,20). The second-order valence-electron chi connectivity index (χ2n) is 4.54. The Morgan fingerprint density at radius 2 is 1.81 bits per heavy atom. The summed E-state index contributed by atoms with van der Waals surface area (Å²) in [4.78, 5) is 16.1. The minimum Gasteiger partial charge on any atom is -0.496 e. The normalized spacial score (nSPS) is 10.3. The first kappa shape index (κ1) is 15.6. The van der Waals surface area contributed by atoms with Crippen LogP contribution in [-0.4, -0.2) is 18.0 Å². The number of aromatic nitrogens is 1. The third kappa shape index (κ3) is 3.46. The average Bonchev–Trinajstić information content (AvgIpc) is 2.41. The molecule has 2 aromatic rings. The summed E-state index contributed by atoms with van der Waals surface area (Å²) in [6.07, 6.45) is 0. The Hall–Kier alpha value is -1.78. The maximum atomic E-state index is 12.3. The van der Waals surface area contributed by atoms with Crippen molar-refractivity contribution in [2.75, 3.05) is 12.4 Å². The highest BCUT2D eigenvalue weighted by atomic mass is 35.5. The molecule has 2 rings (SSSR count). The van der Waals surface area contributed by atoms with E-state index in [1.54, 1.807) is 7.11 Å². The van der Waals surface area contributed by atoms with E-state index in [-0.39, 0.29) is 16.2 Å². The van der Waals surface area contributed by atoms with Crippen molar-refractivity contribution >= 4 is 34.8 Å². The van der Waals surface area contributed by atoms with Crippen molar-refractivity contribution in [3.8, 4) is 5.75 Å². The number of hydrogen-bond acceptors (Lipinski definition) is 3. The molecular formula is C15H14Cl2N2O2. The zero-order valence-electron chi connectivity index (χ0n) is 11.8. The van der Waals surface area contributed by atoms with E-state index in [1.807, 2.05) is 26.0 Å². The van der Waals surface area contributed by atoms with E-state index in [4.69, 9.17) is 27.9 Å². The highest BCUT2D eigenvalue weighted by Gasteiger charge is 2.13. The van der Waals surface area contributed by atoms with E-state index >= 15 is 0 Å². The summed E-state index contributed by atoms with van der Waals surface area (Å²) in [6.45, 7) is 3.83. The molecule has 0 spiro atoms. The fourth-order valence-electron chi connectivity index (χ4n) is 2.07. The van der Waals surface area contributed by atoms with Gasteiger partial charge in [0.1, 0.15) is 16.1 Å². The van der Waals surface area contributed by atoms with Crippen LogP contribution in [-0.2, 0) is 0 Å². The van der Waals surface area contributed by atoms with Crippen LogP contribution in [0.1, 0.15) is 21.5 Å². The molecule has 0 fully saturated rings. The van der Waals surface area contributed by atoms with Gasteiger partial charge in [-0.2, -0.15) is 0 Å². The first-order chi connectivity index (χ1) is 9.92. The Morgan fingerprint density at radius 1 is 1.19 bits per heavy atom. The Morgan fingerprint density at radius 3 is 2.38 bits per heavy atom. The number of benzene rings is 1. The van der Waals surface area contributed by atoms with E-state index < -0.39 is 0 Å². The first-order valence-corrected chi connectivity index (χ1v) is 6.96. The van der Waals surface area contributed by atoms with Crippen molar-refractivity contribution in [3.63, 3.8) is 0 Å². The third-order valence-corrected chi connectivity index (χ3v) is 3.47. The lowest BCUT2D eigenvalue weighted by atomic mass is 10.1. The van der Waals surface area contributed by atoms with Crippen molar-refractivity contribution in [2.45, 2.75) is 13.8 Å². The highest BCUT2D eigenvalue weighted by molar-refractivity contribution is 6.33. The molecule has 1 aromatic carbocycles. The number of methoxy groups -OCH3 is 1. The Bertz CT molecular complexity index is 682. The first-order valence-electron chi connectivity index (χ1n) is 6.21. The number of hydrogen-bond donors (Lipinski definition) is 1. The number of carbonyl (C=O) groups excluding carboxylic acids is 1. The summed E-state index contributed by atoms with van der Waals surface area (Å²) in [7, 11) is 1.60. The number of carbonyl (C=O) groups is 1. The van der Waals surface area contributed by atoms with Crippen LogP contribution < -0.4 is 10.1 Å². The molecule has 0 saturated carbocycles. The monoisotopic (exact) mass is 324 g/mol. The van der Waals surface area contributed by atoms with Gasteiger partial charge in [-0.25, -0.2) is 4.98 Å². The maximum absolute atomic E-state index is 12.3. The van der Waals surface area contributed by atoms with Gasteiger partial charge in [0.25, 0.3) is 5.91 Å². The lowest BCUT2D eigenvalue weighted by Gasteiger charge is -2.14. The molecule has 21 heavy (non-hydrogen) atoms. The fourth-order valence-corrected chi connectivity index (χ4v) is 2.53. The predicted molar refractivity (Wildman–Crippen MR) is 84.7 cm³/mol. The summed E-state index contributed by atoms with van der Waals surface area (Å²) in [5.74, 6) is 0.439. The van der Waals surface area contributed by atoms with E-state index in [0.29, 0.717) is 11.3 Å². The van der Waals surface area contributed by atoms with Crippen LogP contribution in [0.3, 0.4) is 0 Å². The lowest BCUT2D eigenvalue weighted by molar-refractivity contribution is 0.102. The molecular weight excluding hydrogens is 311 g/mol.